The molecule has 1 aromatic rings. The number of carbonyl (C=O) groups excluding carboxylic acids is 1. The van der Waals surface area contributed by atoms with E-state index in [2.05, 4.69) is 25.1 Å². The van der Waals surface area contributed by atoms with E-state index >= 15 is 0 Å². The highest BCUT2D eigenvalue weighted by molar-refractivity contribution is 5.94. The molecule has 1 saturated carbocycles. The lowest BCUT2D eigenvalue weighted by molar-refractivity contribution is 0.0792. The van der Waals surface area contributed by atoms with Crippen LogP contribution in [0.1, 0.15) is 54.1 Å². The largest absolute Gasteiger partial charge is 0.339 e. The molecule has 2 nitrogen and oxygen atoms in total. The van der Waals surface area contributed by atoms with Crippen molar-refractivity contribution < 1.29 is 4.79 Å². The highest BCUT2D eigenvalue weighted by Gasteiger charge is 2.55. The first kappa shape index (κ1) is 11.5. The molecule has 0 N–H and O–H groups in total. The van der Waals surface area contributed by atoms with Crippen LogP contribution in [-0.4, -0.2) is 23.9 Å². The van der Waals surface area contributed by atoms with Crippen molar-refractivity contribution in [2.45, 2.75) is 44.4 Å². The maximum Gasteiger partial charge on any atom is 0.253 e. The van der Waals surface area contributed by atoms with E-state index < -0.39 is 0 Å². The maximum atomic E-state index is 12.4. The Morgan fingerprint density at radius 1 is 1.32 bits per heavy atom. The number of amides is 1. The van der Waals surface area contributed by atoms with Crippen LogP contribution in [-0.2, 0) is 11.8 Å². The van der Waals surface area contributed by atoms with Crippen molar-refractivity contribution in [3.05, 3.63) is 34.9 Å². The van der Waals surface area contributed by atoms with Crippen LogP contribution in [0.2, 0.25) is 0 Å². The van der Waals surface area contributed by atoms with Crippen molar-refractivity contribution in [2.75, 3.05) is 13.1 Å². The second-order valence-electron chi connectivity index (χ2n) is 6.63. The fourth-order valence-electron chi connectivity index (χ4n) is 4.23. The summed E-state index contributed by atoms with van der Waals surface area (Å²) in [6, 6.07) is 6.49. The van der Waals surface area contributed by atoms with Gasteiger partial charge in [-0.2, -0.15) is 0 Å². The van der Waals surface area contributed by atoms with Gasteiger partial charge in [-0.05, 0) is 66.7 Å². The number of hydrogen-bond acceptors (Lipinski definition) is 1. The zero-order chi connectivity index (χ0) is 13.0. The fraction of sp³-hybridized carbons (Fsp3) is 0.588. The molecule has 1 saturated heterocycles. The van der Waals surface area contributed by atoms with Gasteiger partial charge in [0.1, 0.15) is 0 Å². The molecular weight excluding hydrogens is 234 g/mol. The zero-order valence-corrected chi connectivity index (χ0v) is 11.6. The zero-order valence-electron chi connectivity index (χ0n) is 11.6. The van der Waals surface area contributed by atoms with Crippen molar-refractivity contribution in [3.8, 4) is 0 Å². The molecule has 4 rings (SSSR count). The van der Waals surface area contributed by atoms with Crippen molar-refractivity contribution in [2.24, 2.45) is 5.92 Å². The molecule has 2 heteroatoms. The molecule has 1 amide bonds. The number of hydrogen-bond donors (Lipinski definition) is 0. The van der Waals surface area contributed by atoms with Gasteiger partial charge in [-0.15, -0.1) is 0 Å². The SMILES string of the molecule is CC1CC12CCc1cc(C(=O)N3CCCC3)ccc12. The van der Waals surface area contributed by atoms with E-state index in [-0.39, 0.29) is 5.91 Å². The molecule has 1 aliphatic heterocycles. The molecule has 3 aliphatic rings. The summed E-state index contributed by atoms with van der Waals surface area (Å²) in [6.45, 7) is 4.24. The third-order valence-electron chi connectivity index (χ3n) is 5.58. The number of nitrogens with zero attached hydrogens (tertiary/aromatic N) is 1. The summed E-state index contributed by atoms with van der Waals surface area (Å²) in [5, 5.41) is 0. The summed E-state index contributed by atoms with van der Waals surface area (Å²) >= 11 is 0. The number of likely N-dealkylation sites (tertiary alicyclic amines) is 1. The van der Waals surface area contributed by atoms with Gasteiger partial charge in [-0.1, -0.05) is 13.0 Å². The molecule has 100 valence electrons. The highest BCUT2D eigenvalue weighted by atomic mass is 16.2. The Morgan fingerprint density at radius 3 is 2.74 bits per heavy atom. The quantitative estimate of drug-likeness (QED) is 0.755. The van der Waals surface area contributed by atoms with Gasteiger partial charge in [0.05, 0.1) is 0 Å². The number of fused-ring (bicyclic) bond motifs is 2. The van der Waals surface area contributed by atoms with E-state index in [0.717, 1.165) is 37.4 Å². The van der Waals surface area contributed by atoms with Gasteiger partial charge in [-0.3, -0.25) is 4.79 Å². The van der Waals surface area contributed by atoms with Crippen LogP contribution in [0.25, 0.3) is 0 Å². The van der Waals surface area contributed by atoms with Gasteiger partial charge in [0, 0.05) is 18.7 Å². The topological polar surface area (TPSA) is 20.3 Å². The Balaban J connectivity index is 1.64. The molecule has 0 bridgehead atoms. The van der Waals surface area contributed by atoms with E-state index in [4.69, 9.17) is 0 Å². The second-order valence-corrected chi connectivity index (χ2v) is 6.63. The van der Waals surface area contributed by atoms with E-state index in [0.29, 0.717) is 5.41 Å². The van der Waals surface area contributed by atoms with Crippen molar-refractivity contribution in [1.82, 2.24) is 4.90 Å². The van der Waals surface area contributed by atoms with Crippen molar-refractivity contribution in [1.29, 1.82) is 0 Å². The monoisotopic (exact) mass is 255 g/mol. The molecule has 2 unspecified atom stereocenters. The average molecular weight is 255 g/mol. The highest BCUT2D eigenvalue weighted by Crippen LogP contribution is 2.61. The van der Waals surface area contributed by atoms with Crippen LogP contribution in [0.3, 0.4) is 0 Å². The van der Waals surface area contributed by atoms with Gasteiger partial charge in [0.15, 0.2) is 0 Å². The Kier molecular flexibility index (Phi) is 2.33. The van der Waals surface area contributed by atoms with Gasteiger partial charge in [0.2, 0.25) is 0 Å². The number of aryl methyl sites for hydroxylation is 1. The molecule has 2 atom stereocenters. The smallest absolute Gasteiger partial charge is 0.253 e. The number of rotatable bonds is 1. The van der Waals surface area contributed by atoms with Crippen LogP contribution in [0.15, 0.2) is 18.2 Å². The summed E-state index contributed by atoms with van der Waals surface area (Å²) in [5.74, 6) is 1.08. The van der Waals surface area contributed by atoms with Crippen LogP contribution >= 0.6 is 0 Å². The molecule has 2 aliphatic carbocycles. The lowest BCUT2D eigenvalue weighted by Gasteiger charge is -2.16. The molecule has 2 fully saturated rings. The molecule has 1 spiro atoms. The van der Waals surface area contributed by atoms with Crippen LogP contribution in [0.5, 0.6) is 0 Å². The van der Waals surface area contributed by atoms with Gasteiger partial charge < -0.3 is 4.90 Å². The maximum absolute atomic E-state index is 12.4. The van der Waals surface area contributed by atoms with Crippen LogP contribution in [0, 0.1) is 5.92 Å². The minimum atomic E-state index is 0.241. The van der Waals surface area contributed by atoms with E-state index in [1.807, 2.05) is 4.90 Å². The van der Waals surface area contributed by atoms with Gasteiger partial charge in [-0.25, -0.2) is 0 Å². The minimum absolute atomic E-state index is 0.241. The molecule has 0 aromatic heterocycles. The third-order valence-corrected chi connectivity index (χ3v) is 5.58. The van der Waals surface area contributed by atoms with Crippen LogP contribution in [0.4, 0.5) is 0 Å². The first-order chi connectivity index (χ1) is 9.21. The standard InChI is InChI=1S/C17H21NO/c1-12-11-17(12)7-6-13-10-14(4-5-15(13)17)16(19)18-8-2-3-9-18/h4-5,10,12H,2-3,6-9,11H2,1H3. The third kappa shape index (κ3) is 1.58. The predicted octanol–water partition coefficient (Wildman–Crippen LogP) is 3.15. The second kappa shape index (κ2) is 3.84. The Bertz CT molecular complexity index is 544. The summed E-state index contributed by atoms with van der Waals surface area (Å²) in [6.07, 6.45) is 6.14. The lowest BCUT2D eigenvalue weighted by atomic mass is 9.95. The molecular formula is C17H21NO. The summed E-state index contributed by atoms with van der Waals surface area (Å²) in [5.41, 5.74) is 4.38. The van der Waals surface area contributed by atoms with Gasteiger partial charge in [0.25, 0.3) is 5.91 Å². The predicted molar refractivity (Wildman–Crippen MR) is 75.4 cm³/mol. The van der Waals surface area contributed by atoms with Crippen LogP contribution < -0.4 is 0 Å². The lowest BCUT2D eigenvalue weighted by Crippen LogP contribution is -2.27. The number of carbonyl (C=O) groups is 1. The van der Waals surface area contributed by atoms with Gasteiger partial charge >= 0.3 is 0 Å². The summed E-state index contributed by atoms with van der Waals surface area (Å²) in [4.78, 5) is 14.4. The first-order valence-electron chi connectivity index (χ1n) is 7.63. The van der Waals surface area contributed by atoms with Crippen molar-refractivity contribution >= 4 is 5.91 Å². The molecule has 1 heterocycles. The Hall–Kier alpha value is -1.31. The normalized spacial score (nSPS) is 31.8. The summed E-state index contributed by atoms with van der Waals surface area (Å²) < 4.78 is 0. The molecule has 1 aromatic carbocycles. The first-order valence-corrected chi connectivity index (χ1v) is 7.63. The molecule has 0 radical (unpaired) electrons. The number of benzene rings is 1. The molecule has 19 heavy (non-hydrogen) atoms. The summed E-state index contributed by atoms with van der Waals surface area (Å²) in [7, 11) is 0. The average Bonchev–Trinajstić information content (AvgIpc) is 2.86. The van der Waals surface area contributed by atoms with Crippen molar-refractivity contribution in [3.63, 3.8) is 0 Å². The van der Waals surface area contributed by atoms with E-state index in [1.165, 1.54) is 30.4 Å². The van der Waals surface area contributed by atoms with E-state index in [9.17, 15) is 4.79 Å². The Morgan fingerprint density at radius 2 is 2.05 bits per heavy atom. The van der Waals surface area contributed by atoms with E-state index in [1.54, 1.807) is 0 Å². The fourth-order valence-corrected chi connectivity index (χ4v) is 4.23. The minimum Gasteiger partial charge on any atom is -0.339 e. The Labute approximate surface area is 114 Å².